The first-order valence-corrected chi connectivity index (χ1v) is 13.8. The highest BCUT2D eigenvalue weighted by atomic mass is 15.3. The minimum Gasteiger partial charge on any atom is -0.368 e. The van der Waals surface area contributed by atoms with Crippen molar-refractivity contribution < 1.29 is 0 Å². The molecule has 3 N–H and O–H groups in total. The van der Waals surface area contributed by atoms with Gasteiger partial charge < -0.3 is 25.4 Å². The molecular weight excluding hydrogens is 496 g/mol. The Morgan fingerprint density at radius 2 is 1.80 bits per heavy atom. The average molecular weight is 537 g/mol. The highest BCUT2D eigenvalue weighted by Gasteiger charge is 2.18. The first-order valence-electron chi connectivity index (χ1n) is 13.8. The Hall–Kier alpha value is -4.59. The van der Waals surface area contributed by atoms with Crippen LogP contribution >= 0.6 is 0 Å². The summed E-state index contributed by atoms with van der Waals surface area (Å²) in [4.78, 5) is 21.6. The predicted octanol–water partition coefficient (Wildman–Crippen LogP) is 6.49. The van der Waals surface area contributed by atoms with E-state index >= 15 is 0 Å². The monoisotopic (exact) mass is 536 g/mol. The molecule has 1 aliphatic heterocycles. The summed E-state index contributed by atoms with van der Waals surface area (Å²) in [6, 6.07) is 14.6. The second-order valence-electron chi connectivity index (χ2n) is 9.58. The molecule has 1 aliphatic rings. The molecule has 0 spiro atoms. The number of nitrogens with zero attached hydrogens (tertiary/aromatic N) is 5. The van der Waals surface area contributed by atoms with Gasteiger partial charge in [0.2, 0.25) is 0 Å². The van der Waals surface area contributed by atoms with Crippen molar-refractivity contribution in [2.24, 2.45) is 9.98 Å². The molecular formula is C32H40N8. The molecule has 0 amide bonds. The summed E-state index contributed by atoms with van der Waals surface area (Å²) >= 11 is 0. The third kappa shape index (κ3) is 7.72. The van der Waals surface area contributed by atoms with Crippen LogP contribution in [0.1, 0.15) is 25.3 Å². The zero-order chi connectivity index (χ0) is 28.2. The minimum atomic E-state index is 0.714. The number of aromatic amines is 1. The Kier molecular flexibility index (Phi) is 10.3. The zero-order valence-electron chi connectivity index (χ0n) is 23.4. The Morgan fingerprint density at radius 3 is 2.48 bits per heavy atom. The van der Waals surface area contributed by atoms with Gasteiger partial charge in [-0.25, -0.2) is 4.98 Å². The van der Waals surface area contributed by atoms with Crippen LogP contribution in [0.4, 0.5) is 23.0 Å². The Morgan fingerprint density at radius 1 is 1.02 bits per heavy atom. The Labute approximate surface area is 238 Å². The first-order chi connectivity index (χ1) is 19.6. The SMILES string of the molecule is C=CCCN=Cc1cc(-c2ccc(Nc3ccc(N4CCN(C(=C)C=C)CC4)nc3)cc2)[nH]c1NC=NCCC. The van der Waals surface area contributed by atoms with E-state index in [0.29, 0.717) is 6.54 Å². The van der Waals surface area contributed by atoms with Gasteiger partial charge in [-0.2, -0.15) is 0 Å². The number of anilines is 4. The van der Waals surface area contributed by atoms with Crippen LogP contribution < -0.4 is 15.5 Å². The fourth-order valence-corrected chi connectivity index (χ4v) is 4.38. The van der Waals surface area contributed by atoms with Crippen LogP contribution in [-0.4, -0.2) is 66.7 Å². The summed E-state index contributed by atoms with van der Waals surface area (Å²) < 4.78 is 0. The van der Waals surface area contributed by atoms with Crippen LogP contribution in [0, 0.1) is 0 Å². The van der Waals surface area contributed by atoms with Gasteiger partial charge in [-0.1, -0.05) is 38.3 Å². The van der Waals surface area contributed by atoms with E-state index in [2.05, 4.69) is 105 Å². The number of benzene rings is 1. The van der Waals surface area contributed by atoms with Gasteiger partial charge in [-0.05, 0) is 54.8 Å². The van der Waals surface area contributed by atoms with Gasteiger partial charge in [-0.3, -0.25) is 9.98 Å². The molecule has 3 aromatic rings. The van der Waals surface area contributed by atoms with Gasteiger partial charge in [-0.15, -0.1) is 6.58 Å². The molecule has 0 radical (unpaired) electrons. The summed E-state index contributed by atoms with van der Waals surface area (Å²) in [5, 5.41) is 6.73. The van der Waals surface area contributed by atoms with Gasteiger partial charge in [0.25, 0.3) is 0 Å². The molecule has 0 aliphatic carbocycles. The average Bonchev–Trinajstić information content (AvgIpc) is 3.40. The Bertz CT molecular complexity index is 1310. The van der Waals surface area contributed by atoms with Crippen molar-refractivity contribution in [3.05, 3.63) is 91.8 Å². The van der Waals surface area contributed by atoms with Crippen molar-refractivity contribution in [3.63, 3.8) is 0 Å². The molecule has 8 heteroatoms. The molecule has 0 saturated carbocycles. The van der Waals surface area contributed by atoms with E-state index in [-0.39, 0.29) is 0 Å². The number of hydrogen-bond acceptors (Lipinski definition) is 6. The number of pyridine rings is 1. The molecule has 2 aromatic heterocycles. The molecule has 40 heavy (non-hydrogen) atoms. The largest absolute Gasteiger partial charge is 0.368 e. The normalized spacial score (nSPS) is 13.6. The fraction of sp³-hybridized carbons (Fsp3) is 0.281. The van der Waals surface area contributed by atoms with Gasteiger partial charge in [0.05, 0.1) is 18.2 Å². The number of piperazine rings is 1. The summed E-state index contributed by atoms with van der Waals surface area (Å²) in [6.07, 6.45) is 11.1. The van der Waals surface area contributed by atoms with Gasteiger partial charge >= 0.3 is 0 Å². The third-order valence-corrected chi connectivity index (χ3v) is 6.67. The van der Waals surface area contributed by atoms with E-state index in [9.17, 15) is 0 Å². The van der Waals surface area contributed by atoms with E-state index in [0.717, 1.165) is 91.1 Å². The lowest BCUT2D eigenvalue weighted by molar-refractivity contribution is 0.331. The lowest BCUT2D eigenvalue weighted by atomic mass is 10.1. The molecule has 1 saturated heterocycles. The highest BCUT2D eigenvalue weighted by Crippen LogP contribution is 2.27. The molecule has 8 nitrogen and oxygen atoms in total. The molecule has 0 atom stereocenters. The number of nitrogens with one attached hydrogen (secondary N) is 3. The molecule has 208 valence electrons. The number of aliphatic imine (C=N–C) groups is 2. The van der Waals surface area contributed by atoms with E-state index < -0.39 is 0 Å². The second kappa shape index (κ2) is 14.5. The van der Waals surface area contributed by atoms with E-state index in [1.165, 1.54) is 0 Å². The van der Waals surface area contributed by atoms with Crippen LogP contribution in [0.25, 0.3) is 11.3 Å². The van der Waals surface area contributed by atoms with E-state index in [4.69, 9.17) is 4.98 Å². The summed E-state index contributed by atoms with van der Waals surface area (Å²) in [5.74, 6) is 1.86. The van der Waals surface area contributed by atoms with Crippen molar-refractivity contribution >= 4 is 35.6 Å². The predicted molar refractivity (Wildman–Crippen MR) is 171 cm³/mol. The lowest BCUT2D eigenvalue weighted by Gasteiger charge is -2.36. The van der Waals surface area contributed by atoms with Gasteiger partial charge in [0.15, 0.2) is 0 Å². The molecule has 0 bridgehead atoms. The van der Waals surface area contributed by atoms with Crippen molar-refractivity contribution in [1.82, 2.24) is 14.9 Å². The maximum absolute atomic E-state index is 4.70. The molecule has 1 aromatic carbocycles. The van der Waals surface area contributed by atoms with Crippen molar-refractivity contribution in [3.8, 4) is 11.3 Å². The summed E-state index contributed by atoms with van der Waals surface area (Å²) in [6.45, 7) is 18.9. The van der Waals surface area contributed by atoms with Crippen LogP contribution in [0.15, 0.2) is 96.2 Å². The van der Waals surface area contributed by atoms with Crippen molar-refractivity contribution in [2.75, 3.05) is 54.8 Å². The molecule has 4 rings (SSSR count). The Balaban J connectivity index is 1.39. The number of allylic oxidation sites excluding steroid dienone is 1. The first kappa shape index (κ1) is 28.4. The van der Waals surface area contributed by atoms with Gasteiger partial charge in [0.1, 0.15) is 11.6 Å². The van der Waals surface area contributed by atoms with E-state index in [1.807, 2.05) is 24.6 Å². The van der Waals surface area contributed by atoms with Crippen molar-refractivity contribution in [1.29, 1.82) is 0 Å². The molecule has 1 fully saturated rings. The number of H-pyrrole nitrogens is 1. The van der Waals surface area contributed by atoms with Crippen LogP contribution in [-0.2, 0) is 0 Å². The highest BCUT2D eigenvalue weighted by molar-refractivity contribution is 5.93. The quantitative estimate of drug-likeness (QED) is 0.0721. The smallest absolute Gasteiger partial charge is 0.128 e. The topological polar surface area (TPSA) is 83.9 Å². The van der Waals surface area contributed by atoms with Crippen molar-refractivity contribution in [2.45, 2.75) is 19.8 Å². The fourth-order valence-electron chi connectivity index (χ4n) is 4.38. The van der Waals surface area contributed by atoms with Gasteiger partial charge in [0, 0.05) is 68.1 Å². The minimum absolute atomic E-state index is 0.714. The maximum atomic E-state index is 4.70. The molecule has 3 heterocycles. The lowest BCUT2D eigenvalue weighted by Crippen LogP contribution is -2.45. The summed E-state index contributed by atoms with van der Waals surface area (Å²) in [5.41, 5.74) is 6.01. The maximum Gasteiger partial charge on any atom is 0.128 e. The van der Waals surface area contributed by atoms with Crippen LogP contribution in [0.3, 0.4) is 0 Å². The van der Waals surface area contributed by atoms with E-state index in [1.54, 1.807) is 6.34 Å². The summed E-state index contributed by atoms with van der Waals surface area (Å²) in [7, 11) is 0. The third-order valence-electron chi connectivity index (χ3n) is 6.67. The van der Waals surface area contributed by atoms with Crippen LogP contribution in [0.5, 0.6) is 0 Å². The number of aromatic nitrogens is 2. The molecule has 0 unspecified atom stereocenters. The number of hydrogen-bond donors (Lipinski definition) is 3. The number of rotatable bonds is 14. The zero-order valence-corrected chi connectivity index (χ0v) is 23.4. The van der Waals surface area contributed by atoms with Crippen LogP contribution in [0.2, 0.25) is 0 Å². The second-order valence-corrected chi connectivity index (χ2v) is 9.58. The standard InChI is InChI=1S/C32H40N8/c1-5-8-16-33-22-27-21-30(38-32(27)36-24-34-15-6-2)26-9-11-28(12-10-26)37-29-13-14-31(35-23-29)40-19-17-39(18-20-40)25(4)7-3/h5,7,9-14,21-24,37-38H,1,3-4,6,8,15-20H2,2H3,(H,34,36).